The highest BCUT2D eigenvalue weighted by molar-refractivity contribution is 7.80. The Hall–Kier alpha value is -1.57. The molecule has 1 aromatic carbocycles. The van der Waals surface area contributed by atoms with Crippen LogP contribution in [0.4, 0.5) is 0 Å². The van der Waals surface area contributed by atoms with Gasteiger partial charge in [-0.2, -0.15) is 0 Å². The topological polar surface area (TPSA) is 36.1 Å². The average molecular weight is 344 g/mol. The maximum atomic E-state index is 5.49. The Kier molecular flexibility index (Phi) is 8.07. The molecule has 1 aliphatic rings. The van der Waals surface area contributed by atoms with Gasteiger partial charge in [0.05, 0.1) is 12.7 Å². The molecule has 3 nitrogen and oxygen atoms in total. The van der Waals surface area contributed by atoms with E-state index in [0.717, 1.165) is 10.7 Å². The molecule has 1 fully saturated rings. The molecule has 4 heteroatoms. The normalized spacial score (nSPS) is 16.1. The van der Waals surface area contributed by atoms with Gasteiger partial charge in [0.1, 0.15) is 0 Å². The van der Waals surface area contributed by atoms with E-state index in [1.807, 2.05) is 30.3 Å². The first-order valence-electron chi connectivity index (χ1n) is 8.99. The second-order valence-corrected chi connectivity index (χ2v) is 7.13. The van der Waals surface area contributed by atoms with E-state index in [9.17, 15) is 0 Å². The van der Waals surface area contributed by atoms with E-state index in [-0.39, 0.29) is 6.17 Å². The predicted octanol–water partition coefficient (Wildman–Crippen LogP) is 3.41. The van der Waals surface area contributed by atoms with Crippen LogP contribution in [0.3, 0.4) is 0 Å². The lowest BCUT2D eigenvalue weighted by atomic mass is 9.96. The highest BCUT2D eigenvalue weighted by Crippen LogP contribution is 2.17. The lowest BCUT2D eigenvalue weighted by molar-refractivity contribution is 0.377. The second-order valence-electron chi connectivity index (χ2n) is 6.72. The molecule has 24 heavy (non-hydrogen) atoms. The smallest absolute Gasteiger partial charge is 0.167 e. The highest BCUT2D eigenvalue weighted by Gasteiger charge is 2.17. The van der Waals surface area contributed by atoms with Crippen molar-refractivity contribution < 1.29 is 0 Å². The minimum absolute atomic E-state index is 0.124. The fraction of sp³-hybridized carbons (Fsp3) is 0.550. The van der Waals surface area contributed by atoms with Crippen molar-refractivity contribution in [3.63, 3.8) is 0 Å². The summed E-state index contributed by atoms with van der Waals surface area (Å²) in [7, 11) is 0. The Morgan fingerprint density at radius 3 is 2.54 bits per heavy atom. The zero-order valence-corrected chi connectivity index (χ0v) is 15.6. The molecule has 0 aliphatic heterocycles. The van der Waals surface area contributed by atoms with E-state index in [4.69, 9.17) is 12.2 Å². The van der Waals surface area contributed by atoms with E-state index in [0.29, 0.717) is 18.5 Å². The van der Waals surface area contributed by atoms with Crippen LogP contribution in [0.1, 0.15) is 51.5 Å². The quantitative estimate of drug-likeness (QED) is 0.435. The van der Waals surface area contributed by atoms with Gasteiger partial charge in [0, 0.05) is 11.6 Å². The Morgan fingerprint density at radius 2 is 1.88 bits per heavy atom. The van der Waals surface area contributed by atoms with Gasteiger partial charge in [0.25, 0.3) is 0 Å². The first-order valence-corrected chi connectivity index (χ1v) is 9.40. The second kappa shape index (κ2) is 10.3. The summed E-state index contributed by atoms with van der Waals surface area (Å²) in [6.45, 7) is 4.99. The predicted molar refractivity (Wildman–Crippen MR) is 106 cm³/mol. The molecule has 3 N–H and O–H groups in total. The maximum Gasteiger partial charge on any atom is 0.167 e. The molecule has 130 valence electrons. The molecule has 0 radical (unpaired) electrons. The van der Waals surface area contributed by atoms with Crippen molar-refractivity contribution in [2.24, 2.45) is 5.92 Å². The van der Waals surface area contributed by atoms with Crippen LogP contribution in [-0.4, -0.2) is 23.9 Å². The summed E-state index contributed by atoms with van der Waals surface area (Å²) in [5.74, 6) is 6.77. The van der Waals surface area contributed by atoms with E-state index in [1.165, 1.54) is 32.1 Å². The molecule has 1 unspecified atom stereocenters. The first-order chi connectivity index (χ1) is 11.6. The Balaban J connectivity index is 1.76. The molecule has 1 atom stereocenters. The average Bonchev–Trinajstić information content (AvgIpc) is 2.59. The van der Waals surface area contributed by atoms with E-state index >= 15 is 0 Å². The van der Waals surface area contributed by atoms with Gasteiger partial charge in [0.15, 0.2) is 5.11 Å². The molecule has 0 spiro atoms. The first kappa shape index (κ1) is 18.8. The maximum absolute atomic E-state index is 5.49. The number of hydrogen-bond acceptors (Lipinski definition) is 2. The molecule has 1 saturated carbocycles. The van der Waals surface area contributed by atoms with Gasteiger partial charge in [-0.25, -0.2) is 0 Å². The van der Waals surface area contributed by atoms with Gasteiger partial charge in [-0.15, -0.1) is 0 Å². The highest BCUT2D eigenvalue weighted by atomic mass is 32.1. The number of benzene rings is 1. The third-order valence-corrected chi connectivity index (χ3v) is 4.55. The number of thiocarbonyl (C=S) groups is 1. The van der Waals surface area contributed by atoms with Crippen molar-refractivity contribution in [3.8, 4) is 11.8 Å². The van der Waals surface area contributed by atoms with Crippen LogP contribution in [0.5, 0.6) is 0 Å². The molecule has 0 aromatic heterocycles. The summed E-state index contributed by atoms with van der Waals surface area (Å²) >= 11 is 5.49. The van der Waals surface area contributed by atoms with Gasteiger partial charge < -0.3 is 10.6 Å². The number of hydrogen-bond donors (Lipinski definition) is 3. The zero-order valence-electron chi connectivity index (χ0n) is 14.8. The standard InChI is InChI=1S/C20H29N3S/c1-16(2)19(21-15-9-12-17-10-5-3-6-11-17)23-20(24)22-18-13-7-4-8-14-18/h3,5-6,10-11,16,18-19,21H,4,7-8,13-15H2,1-2H3,(H2,22,23,24). The SMILES string of the molecule is CC(C)C(NCC#Cc1ccccc1)NC(=S)NC1CCCCC1. The summed E-state index contributed by atoms with van der Waals surface area (Å²) in [5.41, 5.74) is 1.04. The lowest BCUT2D eigenvalue weighted by Gasteiger charge is -2.28. The summed E-state index contributed by atoms with van der Waals surface area (Å²) in [5, 5.41) is 11.1. The van der Waals surface area contributed by atoms with Crippen LogP contribution in [0.15, 0.2) is 30.3 Å². The minimum Gasteiger partial charge on any atom is -0.360 e. The van der Waals surface area contributed by atoms with Crippen molar-refractivity contribution in [3.05, 3.63) is 35.9 Å². The number of nitrogens with one attached hydrogen (secondary N) is 3. The van der Waals surface area contributed by atoms with Crippen LogP contribution in [0.2, 0.25) is 0 Å². The molecule has 1 aliphatic carbocycles. The van der Waals surface area contributed by atoms with Gasteiger partial charge in [-0.3, -0.25) is 5.32 Å². The van der Waals surface area contributed by atoms with E-state index in [1.54, 1.807) is 0 Å². The van der Waals surface area contributed by atoms with Crippen LogP contribution in [0.25, 0.3) is 0 Å². The Labute approximate surface area is 152 Å². The molecule has 0 saturated heterocycles. The Morgan fingerprint density at radius 1 is 1.17 bits per heavy atom. The van der Waals surface area contributed by atoms with Crippen molar-refractivity contribution in [1.29, 1.82) is 0 Å². The molecule has 0 amide bonds. The van der Waals surface area contributed by atoms with Gasteiger partial charge >= 0.3 is 0 Å². The van der Waals surface area contributed by atoms with Crippen molar-refractivity contribution in [1.82, 2.24) is 16.0 Å². The van der Waals surface area contributed by atoms with Crippen LogP contribution in [0, 0.1) is 17.8 Å². The fourth-order valence-electron chi connectivity index (χ4n) is 2.90. The third kappa shape index (κ3) is 6.90. The van der Waals surface area contributed by atoms with Crippen molar-refractivity contribution in [2.75, 3.05) is 6.54 Å². The molecular weight excluding hydrogens is 314 g/mol. The van der Waals surface area contributed by atoms with Gasteiger partial charge in [0.2, 0.25) is 0 Å². The van der Waals surface area contributed by atoms with Gasteiger partial charge in [-0.1, -0.05) is 63.1 Å². The van der Waals surface area contributed by atoms with Crippen LogP contribution >= 0.6 is 12.2 Å². The molecule has 1 aromatic rings. The van der Waals surface area contributed by atoms with Crippen molar-refractivity contribution in [2.45, 2.75) is 58.2 Å². The number of rotatable bonds is 5. The van der Waals surface area contributed by atoms with E-state index in [2.05, 4.69) is 41.6 Å². The lowest BCUT2D eigenvalue weighted by Crippen LogP contribution is -2.53. The summed E-state index contributed by atoms with van der Waals surface area (Å²) in [6, 6.07) is 10.6. The molecule has 2 rings (SSSR count). The van der Waals surface area contributed by atoms with Crippen LogP contribution < -0.4 is 16.0 Å². The molecule has 0 heterocycles. The monoisotopic (exact) mass is 343 g/mol. The summed E-state index contributed by atoms with van der Waals surface area (Å²) < 4.78 is 0. The van der Waals surface area contributed by atoms with E-state index < -0.39 is 0 Å². The Bertz CT molecular complexity index is 553. The summed E-state index contributed by atoms with van der Waals surface area (Å²) in [4.78, 5) is 0. The zero-order chi connectivity index (χ0) is 17.2. The van der Waals surface area contributed by atoms with Crippen LogP contribution in [-0.2, 0) is 0 Å². The minimum atomic E-state index is 0.124. The molecule has 0 bridgehead atoms. The summed E-state index contributed by atoms with van der Waals surface area (Å²) in [6.07, 6.45) is 6.55. The third-order valence-electron chi connectivity index (χ3n) is 4.31. The largest absolute Gasteiger partial charge is 0.360 e. The fourth-order valence-corrected chi connectivity index (χ4v) is 3.19. The van der Waals surface area contributed by atoms with Crippen molar-refractivity contribution >= 4 is 17.3 Å². The van der Waals surface area contributed by atoms with Gasteiger partial charge in [-0.05, 0) is 43.1 Å². The molecular formula is C20H29N3S.